The molecule has 0 saturated carbocycles. The number of esters is 1. The van der Waals surface area contributed by atoms with E-state index in [0.29, 0.717) is 5.75 Å². The number of carbonyl (C=O) groups excluding carboxylic acids is 1. The van der Waals surface area contributed by atoms with Crippen molar-refractivity contribution < 1.29 is 19.4 Å². The molecule has 28 heavy (non-hydrogen) atoms. The van der Waals surface area contributed by atoms with Gasteiger partial charge in [-0.2, -0.15) is 0 Å². The number of thioether (sulfide) groups is 1. The molecule has 0 aliphatic heterocycles. The molecule has 3 aromatic carbocycles. The molecule has 0 bridgehead atoms. The number of hydrogen-bond donors (Lipinski definition) is 1. The van der Waals surface area contributed by atoms with Gasteiger partial charge >= 0.3 is 11.9 Å². The van der Waals surface area contributed by atoms with Crippen LogP contribution in [0.25, 0.3) is 10.8 Å². The van der Waals surface area contributed by atoms with Crippen LogP contribution in [0.1, 0.15) is 18.4 Å². The molecular formula is C23H22O4S. The molecule has 0 aromatic heterocycles. The summed E-state index contributed by atoms with van der Waals surface area (Å²) < 4.78 is 5.23. The van der Waals surface area contributed by atoms with Crippen LogP contribution in [0.4, 0.5) is 0 Å². The molecule has 0 radical (unpaired) electrons. The summed E-state index contributed by atoms with van der Waals surface area (Å²) in [5, 5.41) is 11.8. The summed E-state index contributed by atoms with van der Waals surface area (Å²) in [7, 11) is 0. The normalized spacial score (nSPS) is 11.9. The summed E-state index contributed by atoms with van der Waals surface area (Å²) in [6.45, 7) is 0.212. The van der Waals surface area contributed by atoms with Crippen LogP contribution in [-0.2, 0) is 20.9 Å². The molecule has 0 aliphatic rings. The second-order valence-corrected chi connectivity index (χ2v) is 7.63. The fraction of sp³-hybridized carbons (Fsp3) is 0.217. The van der Waals surface area contributed by atoms with Crippen LogP contribution in [0, 0.1) is 5.92 Å². The van der Waals surface area contributed by atoms with Gasteiger partial charge in [0.25, 0.3) is 0 Å². The first-order chi connectivity index (χ1) is 13.6. The summed E-state index contributed by atoms with van der Waals surface area (Å²) in [4.78, 5) is 24.5. The van der Waals surface area contributed by atoms with E-state index in [-0.39, 0.29) is 25.4 Å². The van der Waals surface area contributed by atoms with E-state index >= 15 is 0 Å². The molecule has 0 aliphatic carbocycles. The standard InChI is InChI=1S/C23H22O4S/c24-22(27-15-17-6-2-1-3-7-17)13-11-20(23(25)26)16-28-21-12-10-18-8-4-5-9-19(18)14-21/h1-10,12,14,20H,11,13,15-16H2,(H,25,26). The van der Waals surface area contributed by atoms with Gasteiger partial charge in [-0.15, -0.1) is 11.8 Å². The van der Waals surface area contributed by atoms with Gasteiger partial charge in [0.1, 0.15) is 6.61 Å². The average Bonchev–Trinajstić information content (AvgIpc) is 2.72. The predicted octanol–water partition coefficient (Wildman–Crippen LogP) is 5.16. The highest BCUT2D eigenvalue weighted by Crippen LogP contribution is 2.26. The minimum Gasteiger partial charge on any atom is -0.481 e. The minimum atomic E-state index is -0.885. The Kier molecular flexibility index (Phi) is 7.09. The Hall–Kier alpha value is -2.79. The van der Waals surface area contributed by atoms with Crippen molar-refractivity contribution in [2.24, 2.45) is 5.92 Å². The Labute approximate surface area is 168 Å². The van der Waals surface area contributed by atoms with E-state index in [4.69, 9.17) is 4.74 Å². The second-order valence-electron chi connectivity index (χ2n) is 6.54. The lowest BCUT2D eigenvalue weighted by Gasteiger charge is -2.12. The molecule has 1 unspecified atom stereocenters. The van der Waals surface area contributed by atoms with Crippen LogP contribution >= 0.6 is 11.8 Å². The Bertz CT molecular complexity index is 939. The van der Waals surface area contributed by atoms with E-state index < -0.39 is 11.9 Å². The van der Waals surface area contributed by atoms with Crippen molar-refractivity contribution in [1.29, 1.82) is 0 Å². The topological polar surface area (TPSA) is 63.6 Å². The quantitative estimate of drug-likeness (QED) is 0.401. The maximum absolute atomic E-state index is 11.9. The molecule has 4 nitrogen and oxygen atoms in total. The molecule has 0 heterocycles. The van der Waals surface area contributed by atoms with Gasteiger partial charge in [-0.3, -0.25) is 9.59 Å². The number of fused-ring (bicyclic) bond motifs is 1. The van der Waals surface area contributed by atoms with Gasteiger partial charge < -0.3 is 9.84 Å². The molecule has 0 spiro atoms. The highest BCUT2D eigenvalue weighted by atomic mass is 32.2. The number of rotatable bonds is 9. The lowest BCUT2D eigenvalue weighted by molar-refractivity contribution is -0.146. The Balaban J connectivity index is 1.48. The zero-order valence-electron chi connectivity index (χ0n) is 15.4. The van der Waals surface area contributed by atoms with E-state index in [2.05, 4.69) is 6.07 Å². The number of carboxylic acids is 1. The first-order valence-electron chi connectivity index (χ1n) is 9.16. The summed E-state index contributed by atoms with van der Waals surface area (Å²) in [5.74, 6) is -1.43. The van der Waals surface area contributed by atoms with Crippen LogP contribution in [0.2, 0.25) is 0 Å². The van der Waals surface area contributed by atoms with Gasteiger partial charge in [0.2, 0.25) is 0 Å². The van der Waals surface area contributed by atoms with Crippen molar-refractivity contribution in [1.82, 2.24) is 0 Å². The van der Waals surface area contributed by atoms with Crippen LogP contribution in [0.3, 0.4) is 0 Å². The molecular weight excluding hydrogens is 372 g/mol. The third kappa shape index (κ3) is 5.86. The van der Waals surface area contributed by atoms with Crippen molar-refractivity contribution >= 4 is 34.5 Å². The second kappa shape index (κ2) is 9.95. The zero-order valence-corrected chi connectivity index (χ0v) is 16.2. The lowest BCUT2D eigenvalue weighted by Crippen LogP contribution is -2.18. The number of carbonyl (C=O) groups is 2. The number of aliphatic carboxylic acids is 1. The lowest BCUT2D eigenvalue weighted by atomic mass is 10.1. The third-order valence-corrected chi connectivity index (χ3v) is 5.62. The van der Waals surface area contributed by atoms with Crippen molar-refractivity contribution in [2.45, 2.75) is 24.3 Å². The first kappa shape index (κ1) is 20.0. The molecule has 0 amide bonds. The Morgan fingerprint density at radius 1 is 0.929 bits per heavy atom. The number of hydrogen-bond acceptors (Lipinski definition) is 4. The van der Waals surface area contributed by atoms with E-state index in [1.54, 1.807) is 0 Å². The molecule has 1 atom stereocenters. The van der Waals surface area contributed by atoms with Gasteiger partial charge in [-0.25, -0.2) is 0 Å². The van der Waals surface area contributed by atoms with Crippen molar-refractivity contribution in [3.63, 3.8) is 0 Å². The smallest absolute Gasteiger partial charge is 0.307 e. The summed E-state index contributed by atoms with van der Waals surface area (Å²) in [5.41, 5.74) is 0.914. The molecule has 144 valence electrons. The molecule has 3 aromatic rings. The van der Waals surface area contributed by atoms with Crippen LogP contribution in [-0.4, -0.2) is 22.8 Å². The van der Waals surface area contributed by atoms with E-state index in [9.17, 15) is 14.7 Å². The summed E-state index contributed by atoms with van der Waals surface area (Å²) in [6.07, 6.45) is 0.367. The van der Waals surface area contributed by atoms with Gasteiger partial charge in [0.05, 0.1) is 5.92 Å². The number of carboxylic acid groups (broad SMARTS) is 1. The minimum absolute atomic E-state index is 0.0993. The third-order valence-electron chi connectivity index (χ3n) is 4.46. The Morgan fingerprint density at radius 3 is 2.39 bits per heavy atom. The zero-order chi connectivity index (χ0) is 19.8. The van der Waals surface area contributed by atoms with Crippen molar-refractivity contribution in [3.05, 3.63) is 78.4 Å². The van der Waals surface area contributed by atoms with Gasteiger partial charge in [0.15, 0.2) is 0 Å². The summed E-state index contributed by atoms with van der Waals surface area (Å²) >= 11 is 1.50. The van der Waals surface area contributed by atoms with Crippen LogP contribution in [0.15, 0.2) is 77.7 Å². The van der Waals surface area contributed by atoms with Crippen molar-refractivity contribution in [3.8, 4) is 0 Å². The molecule has 5 heteroatoms. The SMILES string of the molecule is O=C(CCC(CSc1ccc2ccccc2c1)C(=O)O)OCc1ccccc1. The molecule has 0 saturated heterocycles. The largest absolute Gasteiger partial charge is 0.481 e. The van der Waals surface area contributed by atoms with Crippen LogP contribution < -0.4 is 0 Å². The highest BCUT2D eigenvalue weighted by molar-refractivity contribution is 7.99. The van der Waals surface area contributed by atoms with E-state index in [1.807, 2.05) is 66.7 Å². The fourth-order valence-corrected chi connectivity index (χ4v) is 3.91. The van der Waals surface area contributed by atoms with E-state index in [0.717, 1.165) is 21.2 Å². The number of ether oxygens (including phenoxy) is 1. The summed E-state index contributed by atoms with van der Waals surface area (Å²) in [6, 6.07) is 23.6. The number of benzene rings is 3. The maximum Gasteiger partial charge on any atom is 0.307 e. The molecule has 1 N–H and O–H groups in total. The molecule has 0 fully saturated rings. The van der Waals surface area contributed by atoms with Gasteiger partial charge in [-0.05, 0) is 34.9 Å². The molecule has 3 rings (SSSR count). The monoisotopic (exact) mass is 394 g/mol. The van der Waals surface area contributed by atoms with Crippen molar-refractivity contribution in [2.75, 3.05) is 5.75 Å². The van der Waals surface area contributed by atoms with Gasteiger partial charge in [0, 0.05) is 17.1 Å². The first-order valence-corrected chi connectivity index (χ1v) is 10.1. The Morgan fingerprint density at radius 2 is 1.64 bits per heavy atom. The highest BCUT2D eigenvalue weighted by Gasteiger charge is 2.20. The fourth-order valence-electron chi connectivity index (χ4n) is 2.83. The predicted molar refractivity (Wildman–Crippen MR) is 111 cm³/mol. The van der Waals surface area contributed by atoms with E-state index in [1.165, 1.54) is 11.8 Å². The van der Waals surface area contributed by atoms with Crippen LogP contribution in [0.5, 0.6) is 0 Å². The maximum atomic E-state index is 11.9. The van der Waals surface area contributed by atoms with Gasteiger partial charge in [-0.1, -0.05) is 60.7 Å². The average molecular weight is 394 g/mol.